The molecule has 4 aromatic carbocycles. The van der Waals surface area contributed by atoms with Gasteiger partial charge in [-0.15, -0.1) is 0 Å². The van der Waals surface area contributed by atoms with Gasteiger partial charge in [0, 0.05) is 71.4 Å². The van der Waals surface area contributed by atoms with Crippen LogP contribution in [0.1, 0.15) is 136 Å². The first-order valence-electron chi connectivity index (χ1n) is 27.8. The Kier molecular flexibility index (Phi) is 30.0. The molecule has 456 valence electrons. The third-order valence-electron chi connectivity index (χ3n) is 13.4. The van der Waals surface area contributed by atoms with Gasteiger partial charge in [0.2, 0.25) is 0 Å². The summed E-state index contributed by atoms with van der Waals surface area (Å²) in [4.78, 5) is 51.2. The molecule has 83 heavy (non-hydrogen) atoms. The Bertz CT molecular complexity index is 2450. The first-order valence-corrected chi connectivity index (χ1v) is 27.8. The van der Waals surface area contributed by atoms with E-state index in [1.165, 1.54) is 48.5 Å². The van der Waals surface area contributed by atoms with E-state index in [4.69, 9.17) is 14.2 Å². The van der Waals surface area contributed by atoms with E-state index < -0.39 is 39.8 Å². The van der Waals surface area contributed by atoms with Crippen molar-refractivity contribution in [2.24, 2.45) is 0 Å². The fraction of sp³-hybridized carbons (Fsp3) is 0.540. The summed E-state index contributed by atoms with van der Waals surface area (Å²) in [6, 6.07) is 24.2. The molecule has 0 bridgehead atoms. The maximum absolute atomic E-state index is 14.9. The quantitative estimate of drug-likeness (QED) is 0.0837. The van der Waals surface area contributed by atoms with Crippen LogP contribution in [0.4, 0.5) is 40.7 Å². The van der Waals surface area contributed by atoms with Crippen LogP contribution >= 0.6 is 0 Å². The SMILES string of the molecule is CC(C)(C)OC(=O)N1CCC(=O)CC1.CC(C)(C)OC(=O)N1CCC(F)(Cc2ccc(F)cc2)CC1.CC(C)(C)OC(=O)N1CCC(O)(Cc2ccc(F)cc2)CC1.Fc1ccc(CC2(F)CCNCC2)cc1.[Br-].[CH2-]c1ccc(F)cc1.[Mg+2]. The summed E-state index contributed by atoms with van der Waals surface area (Å²) in [5.41, 5.74) is -1.45. The van der Waals surface area contributed by atoms with E-state index in [-0.39, 0.29) is 101 Å². The number of ketones is 1. The molecule has 3 amide bonds. The molecule has 4 aromatic rings. The van der Waals surface area contributed by atoms with Crippen LogP contribution in [-0.2, 0) is 38.3 Å². The first kappa shape index (κ1) is 74.1. The van der Waals surface area contributed by atoms with Gasteiger partial charge in [0.05, 0.1) is 11.4 Å². The summed E-state index contributed by atoms with van der Waals surface area (Å²) in [5, 5.41) is 13.8. The van der Waals surface area contributed by atoms with Gasteiger partial charge in [-0.05, 0) is 167 Å². The van der Waals surface area contributed by atoms with E-state index in [1.54, 1.807) is 63.2 Å². The minimum atomic E-state index is -1.35. The van der Waals surface area contributed by atoms with Crippen molar-refractivity contribution in [2.75, 3.05) is 52.4 Å². The fourth-order valence-corrected chi connectivity index (χ4v) is 8.92. The Balaban J connectivity index is 0.000000364. The molecule has 0 aliphatic carbocycles. The van der Waals surface area contributed by atoms with Crippen molar-refractivity contribution in [3.05, 3.63) is 150 Å². The molecule has 0 radical (unpaired) electrons. The Hall–Kier alpha value is -5.02. The van der Waals surface area contributed by atoms with Gasteiger partial charge in [0.25, 0.3) is 0 Å². The van der Waals surface area contributed by atoms with Crippen LogP contribution < -0.4 is 22.3 Å². The number of benzene rings is 4. The monoisotopic (exact) mass is 1240 g/mol. The summed E-state index contributed by atoms with van der Waals surface area (Å²) in [6.07, 6.45) is 3.59. The zero-order valence-electron chi connectivity index (χ0n) is 49.9. The number of aliphatic hydroxyl groups is 1. The number of hydrogen-bond acceptors (Lipinski definition) is 9. The largest absolute Gasteiger partial charge is 2.00 e. The second-order valence-electron chi connectivity index (χ2n) is 24.3. The molecule has 4 saturated heterocycles. The topological polar surface area (TPSA) is 138 Å². The van der Waals surface area contributed by atoms with E-state index in [1.807, 2.05) is 62.3 Å². The number of Topliss-reactive ketones (excluding diaryl/α,β-unsaturated/α-hetero) is 1. The number of amides is 3. The summed E-state index contributed by atoms with van der Waals surface area (Å²) >= 11 is 0. The average Bonchev–Trinajstić information content (AvgIpc) is 3.54. The molecule has 12 nitrogen and oxygen atoms in total. The van der Waals surface area contributed by atoms with E-state index in [9.17, 15) is 50.6 Å². The second kappa shape index (κ2) is 33.6. The zero-order valence-corrected chi connectivity index (χ0v) is 52.9. The maximum atomic E-state index is 14.9. The molecule has 4 fully saturated rings. The minimum Gasteiger partial charge on any atom is -1.00 e. The number of hydrogen-bond donors (Lipinski definition) is 2. The van der Waals surface area contributed by atoms with Crippen molar-refractivity contribution >= 4 is 47.1 Å². The number of carbonyl (C=O) groups excluding carboxylic acids is 4. The van der Waals surface area contributed by atoms with Crippen LogP contribution in [0.5, 0.6) is 0 Å². The van der Waals surface area contributed by atoms with Crippen LogP contribution in [0, 0.1) is 30.2 Å². The minimum absolute atomic E-state index is 0. The van der Waals surface area contributed by atoms with E-state index in [0.29, 0.717) is 90.6 Å². The van der Waals surface area contributed by atoms with Crippen molar-refractivity contribution in [3.8, 4) is 0 Å². The molecular weight excluding hydrogens is 1160 g/mol. The zero-order chi connectivity index (χ0) is 60.2. The van der Waals surface area contributed by atoms with Gasteiger partial charge in [-0.25, -0.2) is 40.7 Å². The van der Waals surface area contributed by atoms with Crippen LogP contribution in [0.3, 0.4) is 0 Å². The predicted octanol–water partition coefficient (Wildman–Crippen LogP) is 9.91. The molecule has 0 unspecified atom stereocenters. The molecule has 8 rings (SSSR count). The normalized spacial score (nSPS) is 17.2. The molecule has 4 aliphatic heterocycles. The van der Waals surface area contributed by atoms with Crippen molar-refractivity contribution < 1.29 is 81.8 Å². The molecule has 0 atom stereocenters. The summed E-state index contributed by atoms with van der Waals surface area (Å²) in [7, 11) is 0. The maximum Gasteiger partial charge on any atom is 2.00 e. The summed E-state index contributed by atoms with van der Waals surface area (Å²) in [5.74, 6) is -0.855. The van der Waals surface area contributed by atoms with Gasteiger partial charge in [-0.2, -0.15) is 24.6 Å². The number of piperidine rings is 4. The smallest absolute Gasteiger partial charge is 1.00 e. The van der Waals surface area contributed by atoms with E-state index in [0.717, 1.165) is 35.3 Å². The molecule has 4 heterocycles. The molecule has 20 heteroatoms. The van der Waals surface area contributed by atoms with Crippen molar-refractivity contribution in [1.82, 2.24) is 20.0 Å². The van der Waals surface area contributed by atoms with Gasteiger partial charge >= 0.3 is 41.3 Å². The van der Waals surface area contributed by atoms with Gasteiger partial charge in [0.1, 0.15) is 51.4 Å². The number of nitrogens with zero attached hydrogens (tertiary/aromatic N) is 3. The number of alkyl halides is 2. The van der Waals surface area contributed by atoms with E-state index >= 15 is 0 Å². The van der Waals surface area contributed by atoms with Crippen molar-refractivity contribution in [2.45, 2.75) is 167 Å². The number of nitrogens with one attached hydrogen (secondary N) is 1. The molecule has 2 N–H and O–H groups in total. The fourth-order valence-electron chi connectivity index (χ4n) is 8.92. The summed E-state index contributed by atoms with van der Waals surface area (Å²) in [6.45, 7) is 24.1. The number of likely N-dealkylation sites (tertiary alicyclic amines) is 3. The molecule has 0 saturated carbocycles. The van der Waals surface area contributed by atoms with Gasteiger partial charge in [0.15, 0.2) is 0 Å². The second-order valence-corrected chi connectivity index (χ2v) is 24.3. The standard InChI is InChI=1S/C17H23F2NO2.C17H24FNO3.C12H15F2N.C10H17NO3.C7H6F.BrH.Mg/c1-16(2,3)22-15(21)20-10-8-17(19,9-11-20)12-13-4-6-14(18)7-5-13;1-16(2,3)22-15(20)19-10-8-17(21,9-11-19)12-13-4-6-14(18)7-5-13;13-11-3-1-10(2-4-11)9-12(14)5-7-15-8-6-12;1-10(2,3)14-9(13)11-6-4-8(12)5-7-11;1-6-2-4-7(8)5-3-6;;/h4-7H,8-12H2,1-3H3;4-7,21H,8-12H2,1-3H3;1-4,15H,5-9H2;4-7H2,1-3H3;2-5H,1H2;1H;/q;;;;-1;;+2/p-1. The Morgan fingerprint density at radius 2 is 0.771 bits per heavy atom. The third kappa shape index (κ3) is 29.6. The Labute approximate surface area is 514 Å². The van der Waals surface area contributed by atoms with E-state index in [2.05, 4.69) is 12.2 Å². The molecule has 0 spiro atoms. The number of rotatable bonds is 6. The molecular formula is C63H85BrF6MgN4O8. The molecule has 0 aromatic heterocycles. The van der Waals surface area contributed by atoms with Crippen LogP contribution in [-0.4, -0.2) is 153 Å². The first-order chi connectivity index (χ1) is 37.7. The van der Waals surface area contributed by atoms with Crippen LogP contribution in [0.25, 0.3) is 0 Å². The predicted molar refractivity (Wildman–Crippen MR) is 308 cm³/mol. The van der Waals surface area contributed by atoms with Crippen molar-refractivity contribution in [1.29, 1.82) is 0 Å². The molecule has 4 aliphatic rings. The van der Waals surface area contributed by atoms with Gasteiger partial charge in [-0.3, -0.25) is 4.79 Å². The average molecular weight is 1240 g/mol. The number of carbonyl (C=O) groups is 4. The van der Waals surface area contributed by atoms with Crippen LogP contribution in [0.2, 0.25) is 0 Å². The van der Waals surface area contributed by atoms with Crippen LogP contribution in [0.15, 0.2) is 97.1 Å². The number of ether oxygens (including phenoxy) is 3. The van der Waals surface area contributed by atoms with Gasteiger partial charge in [-0.1, -0.05) is 48.5 Å². The Morgan fingerprint density at radius 3 is 1.08 bits per heavy atom. The van der Waals surface area contributed by atoms with Gasteiger partial charge < -0.3 is 56.3 Å². The summed E-state index contributed by atoms with van der Waals surface area (Å²) < 4.78 is 95.4. The third-order valence-corrected chi connectivity index (χ3v) is 13.4. The Morgan fingerprint density at radius 1 is 0.494 bits per heavy atom. The van der Waals surface area contributed by atoms with Crippen molar-refractivity contribution in [3.63, 3.8) is 0 Å². The number of halogens is 7.